The molecule has 1 heterocycles. The quantitative estimate of drug-likeness (QED) is 0.800. The first-order valence-corrected chi connectivity index (χ1v) is 5.84. The first-order chi connectivity index (χ1) is 7.81. The van der Waals surface area contributed by atoms with E-state index >= 15 is 0 Å². The van der Waals surface area contributed by atoms with E-state index in [2.05, 4.69) is 17.2 Å². The number of hydrogen-bond acceptors (Lipinski definition) is 2. The minimum absolute atomic E-state index is 0.704. The number of nitrogens with zero attached hydrogens (tertiary/aromatic N) is 3. The van der Waals surface area contributed by atoms with E-state index in [1.54, 1.807) is 17.1 Å². The zero-order valence-electron chi connectivity index (χ0n) is 9.81. The third-order valence-corrected chi connectivity index (χ3v) is 2.39. The summed E-state index contributed by atoms with van der Waals surface area (Å²) in [6.45, 7) is 6.10. The lowest BCUT2D eigenvalue weighted by atomic mass is 10.1. The normalized spacial score (nSPS) is 9.50. The summed E-state index contributed by atoms with van der Waals surface area (Å²) in [5, 5.41) is 8.33. The Morgan fingerprint density at radius 3 is 2.56 bits per heavy atom. The van der Waals surface area contributed by atoms with Crippen LogP contribution < -0.4 is 0 Å². The third kappa shape index (κ3) is 2.83. The molecule has 0 atom stereocenters. The molecule has 2 aromatic rings. The molecule has 0 saturated carbocycles. The highest BCUT2D eigenvalue weighted by Gasteiger charge is 2.03. The van der Waals surface area contributed by atoms with Crippen molar-refractivity contribution in [3.05, 3.63) is 41.2 Å². The van der Waals surface area contributed by atoms with E-state index in [1.165, 1.54) is 5.56 Å². The van der Waals surface area contributed by atoms with Crippen LogP contribution in [-0.4, -0.2) is 15.0 Å². The van der Waals surface area contributed by atoms with E-state index in [9.17, 15) is 0 Å². The monoisotopic (exact) mass is 237 g/mol. The molecule has 86 valence electrons. The van der Waals surface area contributed by atoms with Gasteiger partial charge in [-0.2, -0.15) is 0 Å². The summed E-state index contributed by atoms with van der Waals surface area (Å²) in [5.41, 5.74) is 2.08. The van der Waals surface area contributed by atoms with Crippen LogP contribution in [0.25, 0.3) is 5.69 Å². The van der Waals surface area contributed by atoms with E-state index in [4.69, 9.17) is 11.6 Å². The minimum Gasteiger partial charge on any atom is -0.219 e. The maximum absolute atomic E-state index is 6.11. The van der Waals surface area contributed by atoms with Crippen LogP contribution in [0.4, 0.5) is 0 Å². The second-order valence-corrected chi connectivity index (χ2v) is 3.39. The number of rotatable bonds is 2. The van der Waals surface area contributed by atoms with Crippen LogP contribution in [0.2, 0.25) is 5.02 Å². The molecule has 0 N–H and O–H groups in total. The number of aromatic nitrogens is 3. The summed E-state index contributed by atoms with van der Waals surface area (Å²) in [6.07, 6.45) is 4.38. The second-order valence-electron chi connectivity index (χ2n) is 2.99. The Labute approximate surface area is 101 Å². The van der Waals surface area contributed by atoms with E-state index in [0.717, 1.165) is 12.1 Å². The van der Waals surface area contributed by atoms with Gasteiger partial charge in [-0.25, -0.2) is 4.68 Å². The molecule has 0 aliphatic carbocycles. The molecule has 4 heteroatoms. The third-order valence-electron chi connectivity index (χ3n) is 2.09. The summed E-state index contributed by atoms with van der Waals surface area (Å²) in [5.74, 6) is 0. The molecule has 0 unspecified atom stereocenters. The van der Waals surface area contributed by atoms with Crippen LogP contribution >= 0.6 is 11.6 Å². The Kier molecular flexibility index (Phi) is 4.99. The fraction of sp³-hybridized carbons (Fsp3) is 0.333. The van der Waals surface area contributed by atoms with Gasteiger partial charge in [0, 0.05) is 0 Å². The largest absolute Gasteiger partial charge is 0.219 e. The molecule has 0 bridgehead atoms. The van der Waals surface area contributed by atoms with Gasteiger partial charge in [0.2, 0.25) is 0 Å². The van der Waals surface area contributed by atoms with E-state index in [1.807, 2.05) is 32.0 Å². The predicted molar refractivity (Wildman–Crippen MR) is 67.1 cm³/mol. The van der Waals surface area contributed by atoms with E-state index in [0.29, 0.717) is 5.02 Å². The predicted octanol–water partition coefficient (Wildman–Crippen LogP) is 3.51. The molecule has 1 aromatic carbocycles. The maximum Gasteiger partial charge on any atom is 0.0849 e. The summed E-state index contributed by atoms with van der Waals surface area (Å²) in [6, 6.07) is 5.96. The van der Waals surface area contributed by atoms with Crippen molar-refractivity contribution in [3.8, 4) is 5.69 Å². The molecular formula is C12H16ClN3. The smallest absolute Gasteiger partial charge is 0.0849 e. The van der Waals surface area contributed by atoms with Gasteiger partial charge in [-0.3, -0.25) is 0 Å². The van der Waals surface area contributed by atoms with Crippen LogP contribution in [0.5, 0.6) is 0 Å². The fourth-order valence-corrected chi connectivity index (χ4v) is 1.58. The average molecular weight is 238 g/mol. The van der Waals surface area contributed by atoms with Gasteiger partial charge in [-0.1, -0.05) is 43.7 Å². The van der Waals surface area contributed by atoms with Crippen molar-refractivity contribution in [1.29, 1.82) is 0 Å². The van der Waals surface area contributed by atoms with Gasteiger partial charge in [-0.15, -0.1) is 5.10 Å². The SMILES string of the molecule is CC.CCc1ccc(-n2ccnn2)c(Cl)c1. The first kappa shape index (κ1) is 12.7. The van der Waals surface area contributed by atoms with Crippen LogP contribution in [0.3, 0.4) is 0 Å². The van der Waals surface area contributed by atoms with Crippen molar-refractivity contribution in [2.24, 2.45) is 0 Å². The van der Waals surface area contributed by atoms with Gasteiger partial charge in [0.25, 0.3) is 0 Å². The number of halogens is 1. The van der Waals surface area contributed by atoms with Gasteiger partial charge in [-0.05, 0) is 24.1 Å². The molecule has 1 aromatic heterocycles. The highest BCUT2D eigenvalue weighted by atomic mass is 35.5. The topological polar surface area (TPSA) is 30.7 Å². The lowest BCUT2D eigenvalue weighted by Crippen LogP contribution is -1.96. The lowest BCUT2D eigenvalue weighted by molar-refractivity contribution is 0.803. The fourth-order valence-electron chi connectivity index (χ4n) is 1.29. The van der Waals surface area contributed by atoms with Gasteiger partial charge in [0.05, 0.1) is 23.1 Å². The standard InChI is InChI=1S/C10H10ClN3.C2H6/c1-2-8-3-4-10(9(11)7-8)14-6-5-12-13-14;1-2/h3-7H,2H2,1H3;1-2H3. The molecule has 0 aliphatic rings. The molecular weight excluding hydrogens is 222 g/mol. The minimum atomic E-state index is 0.704. The molecule has 0 saturated heterocycles. The van der Waals surface area contributed by atoms with Gasteiger partial charge >= 0.3 is 0 Å². The summed E-state index contributed by atoms with van der Waals surface area (Å²) in [7, 11) is 0. The highest BCUT2D eigenvalue weighted by molar-refractivity contribution is 6.32. The molecule has 0 fully saturated rings. The Hall–Kier alpha value is -1.35. The Morgan fingerprint density at radius 2 is 2.06 bits per heavy atom. The van der Waals surface area contributed by atoms with Crippen molar-refractivity contribution in [3.63, 3.8) is 0 Å². The van der Waals surface area contributed by atoms with Crippen LogP contribution in [0, 0.1) is 0 Å². The zero-order chi connectivity index (χ0) is 12.0. The first-order valence-electron chi connectivity index (χ1n) is 5.46. The molecule has 16 heavy (non-hydrogen) atoms. The number of hydrogen-bond donors (Lipinski definition) is 0. The van der Waals surface area contributed by atoms with Gasteiger partial charge in [0.15, 0.2) is 0 Å². The molecule has 3 nitrogen and oxygen atoms in total. The number of benzene rings is 1. The van der Waals surface area contributed by atoms with Crippen molar-refractivity contribution in [1.82, 2.24) is 15.0 Å². The Morgan fingerprint density at radius 1 is 1.31 bits per heavy atom. The van der Waals surface area contributed by atoms with Crippen molar-refractivity contribution >= 4 is 11.6 Å². The van der Waals surface area contributed by atoms with Crippen LogP contribution in [0.1, 0.15) is 26.3 Å². The summed E-state index contributed by atoms with van der Waals surface area (Å²) in [4.78, 5) is 0. The van der Waals surface area contributed by atoms with Crippen LogP contribution in [-0.2, 0) is 6.42 Å². The molecule has 0 aliphatic heterocycles. The summed E-state index contributed by atoms with van der Waals surface area (Å²) < 4.78 is 1.65. The van der Waals surface area contributed by atoms with E-state index in [-0.39, 0.29) is 0 Å². The van der Waals surface area contributed by atoms with Gasteiger partial charge < -0.3 is 0 Å². The maximum atomic E-state index is 6.11. The molecule has 0 amide bonds. The van der Waals surface area contributed by atoms with Gasteiger partial charge in [0.1, 0.15) is 0 Å². The lowest BCUT2D eigenvalue weighted by Gasteiger charge is -2.04. The highest BCUT2D eigenvalue weighted by Crippen LogP contribution is 2.21. The van der Waals surface area contributed by atoms with Crippen LogP contribution in [0.15, 0.2) is 30.6 Å². The molecule has 0 spiro atoms. The number of aryl methyl sites for hydroxylation is 1. The Bertz CT molecular complexity index is 424. The van der Waals surface area contributed by atoms with Crippen molar-refractivity contribution in [2.75, 3.05) is 0 Å². The molecule has 0 radical (unpaired) electrons. The Balaban J connectivity index is 0.000000606. The average Bonchev–Trinajstić information content (AvgIpc) is 2.85. The van der Waals surface area contributed by atoms with E-state index < -0.39 is 0 Å². The second kappa shape index (κ2) is 6.28. The van der Waals surface area contributed by atoms with Crippen molar-refractivity contribution < 1.29 is 0 Å². The summed E-state index contributed by atoms with van der Waals surface area (Å²) >= 11 is 6.11. The zero-order valence-corrected chi connectivity index (χ0v) is 10.6. The molecule has 2 rings (SSSR count). The van der Waals surface area contributed by atoms with Crippen molar-refractivity contribution in [2.45, 2.75) is 27.2 Å².